The number of hydrogen-bond acceptors (Lipinski definition) is 6. The van der Waals surface area contributed by atoms with Crippen molar-refractivity contribution in [2.24, 2.45) is 0 Å². The van der Waals surface area contributed by atoms with Crippen molar-refractivity contribution in [1.29, 1.82) is 0 Å². The summed E-state index contributed by atoms with van der Waals surface area (Å²) in [7, 11) is 1.16. The second-order valence-electron chi connectivity index (χ2n) is 6.25. The number of anilines is 1. The topological polar surface area (TPSA) is 93.0 Å². The van der Waals surface area contributed by atoms with Crippen LogP contribution in [0.15, 0.2) is 42.5 Å². The molecule has 0 radical (unpaired) electrons. The van der Waals surface area contributed by atoms with E-state index >= 15 is 0 Å². The van der Waals surface area contributed by atoms with Crippen LogP contribution in [0.4, 0.5) is 15.8 Å². The number of nitro groups is 1. The Kier molecular flexibility index (Phi) is 5.53. The molecule has 2 aromatic rings. The van der Waals surface area contributed by atoms with Crippen molar-refractivity contribution in [3.63, 3.8) is 0 Å². The number of piperazine rings is 1. The van der Waals surface area contributed by atoms with Crippen molar-refractivity contribution in [2.45, 2.75) is 0 Å². The molecule has 1 heterocycles. The first-order valence-corrected chi connectivity index (χ1v) is 8.57. The predicted molar refractivity (Wildman–Crippen MR) is 99.0 cm³/mol. The maximum atomic E-state index is 13.9. The van der Waals surface area contributed by atoms with E-state index in [1.807, 2.05) is 4.90 Å². The summed E-state index contributed by atoms with van der Waals surface area (Å²) in [4.78, 5) is 38.4. The van der Waals surface area contributed by atoms with E-state index in [2.05, 4.69) is 4.74 Å². The maximum absolute atomic E-state index is 13.9. The molecule has 28 heavy (non-hydrogen) atoms. The van der Waals surface area contributed by atoms with Gasteiger partial charge in [-0.15, -0.1) is 0 Å². The molecule has 146 valence electrons. The molecule has 0 saturated carbocycles. The van der Waals surface area contributed by atoms with Gasteiger partial charge in [0.1, 0.15) is 5.82 Å². The van der Waals surface area contributed by atoms with Crippen LogP contribution in [0.3, 0.4) is 0 Å². The molecular formula is C19H18FN3O5. The Labute approximate surface area is 160 Å². The molecule has 2 aromatic carbocycles. The number of benzene rings is 2. The zero-order chi connectivity index (χ0) is 20.3. The molecule has 0 spiro atoms. The molecule has 1 aliphatic heterocycles. The highest BCUT2D eigenvalue weighted by Crippen LogP contribution is 2.23. The largest absolute Gasteiger partial charge is 0.465 e. The Bertz CT molecular complexity index is 926. The first-order chi connectivity index (χ1) is 13.4. The number of hydrogen-bond donors (Lipinski definition) is 0. The summed E-state index contributed by atoms with van der Waals surface area (Å²) in [6.45, 7) is 1.49. The highest BCUT2D eigenvalue weighted by molar-refractivity contribution is 5.99. The van der Waals surface area contributed by atoms with Crippen molar-refractivity contribution >= 4 is 23.3 Å². The Balaban J connectivity index is 1.78. The number of non-ortho nitro benzene ring substituents is 1. The van der Waals surface area contributed by atoms with Gasteiger partial charge < -0.3 is 14.5 Å². The summed E-state index contributed by atoms with van der Waals surface area (Å²) in [5, 5.41) is 11.1. The lowest BCUT2D eigenvalue weighted by Crippen LogP contribution is -2.49. The molecule has 8 nitrogen and oxygen atoms in total. The Morgan fingerprint density at radius 2 is 1.71 bits per heavy atom. The molecule has 0 unspecified atom stereocenters. The summed E-state index contributed by atoms with van der Waals surface area (Å²) in [6.07, 6.45) is 0. The molecule has 3 rings (SSSR count). The van der Waals surface area contributed by atoms with Gasteiger partial charge in [0.2, 0.25) is 0 Å². The number of amides is 1. The van der Waals surface area contributed by atoms with Gasteiger partial charge in [0.25, 0.3) is 11.6 Å². The van der Waals surface area contributed by atoms with E-state index in [9.17, 15) is 24.1 Å². The van der Waals surface area contributed by atoms with Crippen LogP contribution in [0, 0.1) is 15.9 Å². The third-order valence-corrected chi connectivity index (χ3v) is 4.56. The minimum atomic E-state index is -0.762. The first-order valence-electron chi connectivity index (χ1n) is 8.57. The molecule has 0 N–H and O–H groups in total. The monoisotopic (exact) mass is 387 g/mol. The van der Waals surface area contributed by atoms with Gasteiger partial charge in [-0.2, -0.15) is 0 Å². The van der Waals surface area contributed by atoms with E-state index in [0.29, 0.717) is 31.9 Å². The van der Waals surface area contributed by atoms with Crippen LogP contribution in [-0.4, -0.2) is 55.0 Å². The highest BCUT2D eigenvalue weighted by Gasteiger charge is 2.26. The van der Waals surface area contributed by atoms with Gasteiger partial charge in [-0.3, -0.25) is 14.9 Å². The van der Waals surface area contributed by atoms with Crippen LogP contribution in [0.2, 0.25) is 0 Å². The fourth-order valence-corrected chi connectivity index (χ4v) is 3.12. The summed E-state index contributed by atoms with van der Waals surface area (Å²) in [5.41, 5.74) is 0.0770. The number of methoxy groups -OCH3 is 1. The third-order valence-electron chi connectivity index (χ3n) is 4.56. The summed E-state index contributed by atoms with van der Waals surface area (Å²) < 4.78 is 18.5. The van der Waals surface area contributed by atoms with Crippen molar-refractivity contribution < 1.29 is 23.6 Å². The molecule has 0 atom stereocenters. The number of nitrogens with zero attached hydrogens (tertiary/aromatic N) is 3. The van der Waals surface area contributed by atoms with Crippen molar-refractivity contribution in [2.75, 3.05) is 38.2 Å². The van der Waals surface area contributed by atoms with Crippen LogP contribution >= 0.6 is 0 Å². The molecule has 9 heteroatoms. The maximum Gasteiger partial charge on any atom is 0.338 e. The van der Waals surface area contributed by atoms with Gasteiger partial charge in [0.15, 0.2) is 0 Å². The van der Waals surface area contributed by atoms with Crippen molar-refractivity contribution in [3.05, 3.63) is 69.5 Å². The van der Waals surface area contributed by atoms with Crippen LogP contribution in [-0.2, 0) is 4.74 Å². The average molecular weight is 387 g/mol. The van der Waals surface area contributed by atoms with Crippen LogP contribution < -0.4 is 4.90 Å². The summed E-state index contributed by atoms with van der Waals surface area (Å²) in [6, 6.07) is 9.90. The fraction of sp³-hybridized carbons (Fsp3) is 0.263. The van der Waals surface area contributed by atoms with Crippen LogP contribution in [0.5, 0.6) is 0 Å². The molecular weight excluding hydrogens is 369 g/mol. The van der Waals surface area contributed by atoms with Gasteiger partial charge in [-0.25, -0.2) is 9.18 Å². The van der Waals surface area contributed by atoms with Gasteiger partial charge in [0.05, 0.1) is 23.3 Å². The molecule has 0 aliphatic carbocycles. The van der Waals surface area contributed by atoms with E-state index in [4.69, 9.17) is 0 Å². The van der Waals surface area contributed by atoms with E-state index in [1.54, 1.807) is 18.2 Å². The number of halogens is 1. The minimum absolute atomic E-state index is 0.0361. The molecule has 1 fully saturated rings. The smallest absolute Gasteiger partial charge is 0.338 e. The highest BCUT2D eigenvalue weighted by atomic mass is 19.1. The van der Waals surface area contributed by atoms with Gasteiger partial charge in [0, 0.05) is 43.9 Å². The molecule has 1 saturated heterocycles. The number of esters is 1. The van der Waals surface area contributed by atoms with Gasteiger partial charge in [-0.1, -0.05) is 12.1 Å². The lowest BCUT2D eigenvalue weighted by molar-refractivity contribution is -0.384. The number of para-hydroxylation sites is 1. The van der Waals surface area contributed by atoms with E-state index in [-0.39, 0.29) is 22.6 Å². The van der Waals surface area contributed by atoms with E-state index in [0.717, 1.165) is 19.2 Å². The molecule has 0 bridgehead atoms. The van der Waals surface area contributed by atoms with Gasteiger partial charge >= 0.3 is 5.97 Å². The lowest BCUT2D eigenvalue weighted by Gasteiger charge is -2.36. The molecule has 1 amide bonds. The Hall–Kier alpha value is -3.49. The number of rotatable bonds is 4. The SMILES string of the molecule is COC(=O)c1cc(C(=O)N2CCN(c3ccccc3F)CC2)cc([N+](=O)[O-])c1. The molecule has 1 aliphatic rings. The minimum Gasteiger partial charge on any atom is -0.465 e. The van der Waals surface area contributed by atoms with E-state index < -0.39 is 16.8 Å². The van der Waals surface area contributed by atoms with Crippen LogP contribution in [0.1, 0.15) is 20.7 Å². The summed E-state index contributed by atoms with van der Waals surface area (Å²) in [5.74, 6) is -1.52. The number of ether oxygens (including phenoxy) is 1. The second kappa shape index (κ2) is 8.03. The number of carbonyl (C=O) groups excluding carboxylic acids is 2. The third kappa shape index (κ3) is 3.93. The number of carbonyl (C=O) groups is 2. The summed E-state index contributed by atoms with van der Waals surface area (Å²) >= 11 is 0. The fourth-order valence-electron chi connectivity index (χ4n) is 3.12. The Morgan fingerprint density at radius 1 is 1.07 bits per heavy atom. The average Bonchev–Trinajstić information content (AvgIpc) is 2.72. The number of nitro benzene ring substituents is 1. The zero-order valence-corrected chi connectivity index (χ0v) is 15.1. The van der Waals surface area contributed by atoms with Crippen LogP contribution in [0.25, 0.3) is 0 Å². The standard InChI is InChI=1S/C19H18FN3O5/c1-28-19(25)14-10-13(11-15(12-14)23(26)27)18(24)22-8-6-21(7-9-22)17-5-3-2-4-16(17)20/h2-5,10-12H,6-9H2,1H3. The van der Waals surface area contributed by atoms with Crippen molar-refractivity contribution in [3.8, 4) is 0 Å². The van der Waals surface area contributed by atoms with Gasteiger partial charge in [-0.05, 0) is 18.2 Å². The second-order valence-corrected chi connectivity index (χ2v) is 6.25. The lowest BCUT2D eigenvalue weighted by atomic mass is 10.1. The quantitative estimate of drug-likeness (QED) is 0.455. The normalized spacial score (nSPS) is 13.9. The Morgan fingerprint density at radius 3 is 2.32 bits per heavy atom. The predicted octanol–water partition coefficient (Wildman–Crippen LogP) is 2.48. The first kappa shape index (κ1) is 19.3. The zero-order valence-electron chi connectivity index (χ0n) is 15.1. The van der Waals surface area contributed by atoms with E-state index in [1.165, 1.54) is 17.0 Å². The van der Waals surface area contributed by atoms with Crippen molar-refractivity contribution in [1.82, 2.24) is 4.90 Å². The molecule has 0 aromatic heterocycles.